The van der Waals surface area contributed by atoms with Gasteiger partial charge in [-0.15, -0.1) is 35.0 Å². The van der Waals surface area contributed by atoms with Crippen molar-refractivity contribution in [2.45, 2.75) is 135 Å². The third-order valence-corrected chi connectivity index (χ3v) is 12.7. The van der Waals surface area contributed by atoms with Gasteiger partial charge in [0.25, 0.3) is 0 Å². The van der Waals surface area contributed by atoms with E-state index in [-0.39, 0.29) is 37.3 Å². The fourth-order valence-electron chi connectivity index (χ4n) is 7.62. The van der Waals surface area contributed by atoms with Crippen LogP contribution in [0.4, 0.5) is 0 Å². The summed E-state index contributed by atoms with van der Waals surface area (Å²) in [6, 6.07) is 17.7. The van der Waals surface area contributed by atoms with Crippen molar-refractivity contribution in [3.63, 3.8) is 0 Å². The highest BCUT2D eigenvalue weighted by molar-refractivity contribution is 7.99. The van der Waals surface area contributed by atoms with E-state index >= 15 is 0 Å². The van der Waals surface area contributed by atoms with E-state index in [9.17, 15) is 47.9 Å². The van der Waals surface area contributed by atoms with Gasteiger partial charge in [0, 0.05) is 71.8 Å². The maximum absolute atomic E-state index is 12.3. The summed E-state index contributed by atoms with van der Waals surface area (Å²) < 4.78 is 44.2. The van der Waals surface area contributed by atoms with E-state index in [0.717, 1.165) is 45.9 Å². The molecule has 0 bridgehead atoms. The topological polar surface area (TPSA) is 372 Å². The smallest absolute Gasteiger partial charge is 0.303 e. The van der Waals surface area contributed by atoms with E-state index in [0.29, 0.717) is 23.7 Å². The van der Waals surface area contributed by atoms with Crippen LogP contribution in [0.1, 0.15) is 78.4 Å². The molecule has 0 spiro atoms. The molecule has 2 saturated heterocycles. The van der Waals surface area contributed by atoms with Gasteiger partial charge in [-0.05, 0) is 16.7 Å². The van der Waals surface area contributed by atoms with Gasteiger partial charge in [0.15, 0.2) is 36.9 Å². The summed E-state index contributed by atoms with van der Waals surface area (Å²) in [6.07, 6.45) is -2.96. The van der Waals surface area contributed by atoms with Crippen LogP contribution in [0.15, 0.2) is 72.0 Å². The Morgan fingerprint density at radius 1 is 0.634 bits per heavy atom. The van der Waals surface area contributed by atoms with Crippen LogP contribution in [0.2, 0.25) is 0 Å². The van der Waals surface area contributed by atoms with Crippen molar-refractivity contribution in [2.75, 3.05) is 31.3 Å². The molecular weight excluding hydrogens is 1120 g/mol. The number of carbonyl (C=O) groups is 10. The number of hydrogen-bond donors (Lipinski definition) is 4. The molecule has 4 N–H and O–H groups in total. The summed E-state index contributed by atoms with van der Waals surface area (Å²) in [5.41, 5.74) is 11.5. The number of thioether (sulfide) groups is 2. The molecule has 2 aliphatic heterocycles. The van der Waals surface area contributed by atoms with Crippen molar-refractivity contribution in [1.82, 2.24) is 36.3 Å². The Morgan fingerprint density at radius 3 is 1.51 bits per heavy atom. The third kappa shape index (κ3) is 25.5. The second-order valence-electron chi connectivity index (χ2n) is 17.6. The number of terminal acetylenes is 1. The quantitative estimate of drug-likeness (QED) is 0.0264. The second kappa shape index (κ2) is 36.2. The summed E-state index contributed by atoms with van der Waals surface area (Å²) in [7, 11) is 0. The van der Waals surface area contributed by atoms with Gasteiger partial charge < -0.3 is 59.2 Å². The zero-order valence-corrected chi connectivity index (χ0v) is 47.8. The number of carbonyl (C=O) groups excluding carboxylic acids is 10. The van der Waals surface area contributed by atoms with Crippen LogP contribution < -0.4 is 21.3 Å². The Labute approximate surface area is 480 Å². The molecule has 1 aromatic heterocycles. The average Bonchev–Trinajstić information content (AvgIpc) is 3.97. The van der Waals surface area contributed by atoms with Crippen molar-refractivity contribution in [2.24, 2.45) is 5.11 Å². The normalized spacial score (nSPS) is 21.3. The SMILES string of the molecule is C#CCNC(=O)CSCc1ccccc1.CC(=O)NC1[C@@H](OC(C)=O)[C@H](OC(C)=O)C(COC(C)=O)O[C@H]1n1cc(CNC(=O)CSCc2ccccc2)nn1.CC(=O)NC1[C@H](N=[N+]=[N-])OC(COC(C)=O)[C@@H](OC(C)=O)[C@@H]1OC(C)=O. The van der Waals surface area contributed by atoms with Gasteiger partial charge in [-0.3, -0.25) is 47.9 Å². The molecule has 5 rings (SSSR count). The van der Waals surface area contributed by atoms with Crippen LogP contribution in [-0.2, 0) is 104 Å². The van der Waals surface area contributed by atoms with Gasteiger partial charge in [-0.1, -0.05) is 76.9 Å². The van der Waals surface area contributed by atoms with Gasteiger partial charge in [-0.2, -0.15) is 0 Å². The molecular formula is C52H66N10O18S2. The molecule has 4 amide bonds. The zero-order valence-electron chi connectivity index (χ0n) is 46.2. The summed E-state index contributed by atoms with van der Waals surface area (Å²) in [5.74, 6) is -0.669. The number of nitrogens with zero attached hydrogens (tertiary/aromatic N) is 6. The molecule has 4 unspecified atom stereocenters. The number of amides is 4. The van der Waals surface area contributed by atoms with Crippen LogP contribution in [-0.4, -0.2) is 161 Å². The number of aromatic nitrogens is 3. The number of benzene rings is 2. The largest absolute Gasteiger partial charge is 0.463 e. The number of azide groups is 1. The number of rotatable bonds is 23. The Balaban J connectivity index is 0.000000365. The molecule has 2 fully saturated rings. The van der Waals surface area contributed by atoms with E-state index < -0.39 is 109 Å². The van der Waals surface area contributed by atoms with Crippen molar-refractivity contribution in [3.8, 4) is 12.3 Å². The first-order chi connectivity index (χ1) is 39.0. The predicted molar refractivity (Wildman–Crippen MR) is 291 cm³/mol. The van der Waals surface area contributed by atoms with Crippen LogP contribution in [0.5, 0.6) is 0 Å². The van der Waals surface area contributed by atoms with E-state index in [1.54, 1.807) is 11.8 Å². The number of ether oxygens (including phenoxy) is 8. The van der Waals surface area contributed by atoms with Gasteiger partial charge in [0.05, 0.1) is 30.8 Å². The average molecular weight is 1180 g/mol. The molecule has 0 aliphatic carbocycles. The summed E-state index contributed by atoms with van der Waals surface area (Å²) >= 11 is 3.06. The lowest BCUT2D eigenvalue weighted by Crippen LogP contribution is -2.65. The van der Waals surface area contributed by atoms with Gasteiger partial charge in [0.1, 0.15) is 43.2 Å². The van der Waals surface area contributed by atoms with E-state index in [1.165, 1.54) is 49.0 Å². The molecule has 0 saturated carbocycles. The third-order valence-electron chi connectivity index (χ3n) is 10.7. The van der Waals surface area contributed by atoms with Crippen LogP contribution in [0, 0.1) is 12.3 Å². The lowest BCUT2D eigenvalue weighted by Gasteiger charge is -2.45. The summed E-state index contributed by atoms with van der Waals surface area (Å²) in [6.45, 7) is 9.07. The first-order valence-electron chi connectivity index (χ1n) is 25.0. The molecule has 3 aromatic rings. The van der Waals surface area contributed by atoms with E-state index in [4.69, 9.17) is 49.8 Å². The molecule has 3 heterocycles. The Morgan fingerprint density at radius 2 is 1.07 bits per heavy atom. The lowest BCUT2D eigenvalue weighted by molar-refractivity contribution is -0.239. The number of hydrogen-bond acceptors (Lipinski definition) is 23. The van der Waals surface area contributed by atoms with Crippen molar-refractivity contribution in [1.29, 1.82) is 0 Å². The number of nitrogens with one attached hydrogen (secondary N) is 4. The van der Waals surface area contributed by atoms with Gasteiger partial charge in [0.2, 0.25) is 23.6 Å². The highest BCUT2D eigenvalue weighted by Gasteiger charge is 2.53. The Hall–Kier alpha value is -8.23. The lowest BCUT2D eigenvalue weighted by atomic mass is 9.95. The minimum absolute atomic E-state index is 0.00567. The molecule has 0 radical (unpaired) electrons. The Bertz CT molecular complexity index is 2730. The van der Waals surface area contributed by atoms with Crippen molar-refractivity contribution >= 4 is 83.0 Å². The van der Waals surface area contributed by atoms with Crippen LogP contribution >= 0.6 is 23.5 Å². The highest BCUT2D eigenvalue weighted by atomic mass is 32.2. The monoisotopic (exact) mass is 1180 g/mol. The van der Waals surface area contributed by atoms with Crippen molar-refractivity contribution in [3.05, 3.63) is 94.1 Å². The predicted octanol–water partition coefficient (Wildman–Crippen LogP) is 2.28. The maximum Gasteiger partial charge on any atom is 0.303 e. The standard InChI is InChI=1S/C26H33N5O9S.C14H20N4O8.C12H13NOS/c1-15(32)28-23-25(39-18(4)35)24(38-17(3)34)21(12-37-16(2)33)40-26(23)31-11-20(29-30-31)10-27-22(36)14-41-13-19-8-6-5-7-9-19;1-6(19)16-11-13(25-9(4)22)12(24-8(3)21)10(5-23-7(2)20)26-14(11)17-18-15;1-2-8-13-12(14)10-15-9-11-6-4-3-5-7-11/h5-9,11,21,23-26H,10,12-14H2,1-4H3,(H,27,36)(H,28,32);10-14H,5H2,1-4H3,(H,16,19);1,3-7H,8-10H2,(H,13,14)/t21?,23?,24-,25-,26-;10?,11?,12-,13-,14-;/m11./s1. The fraction of sp³-hybridized carbons (Fsp3) is 0.500. The molecule has 10 atom stereocenters. The highest BCUT2D eigenvalue weighted by Crippen LogP contribution is 2.33. The second-order valence-corrected chi connectivity index (χ2v) is 19.6. The van der Waals surface area contributed by atoms with Crippen LogP contribution in [0.3, 0.4) is 0 Å². The minimum Gasteiger partial charge on any atom is -0.463 e. The van der Waals surface area contributed by atoms with E-state index in [2.05, 4.69) is 47.5 Å². The molecule has 444 valence electrons. The first kappa shape index (κ1) is 68.0. The summed E-state index contributed by atoms with van der Waals surface area (Å²) in [5, 5.41) is 22.1. The number of esters is 6. The van der Waals surface area contributed by atoms with Crippen molar-refractivity contribution < 1.29 is 85.8 Å². The summed E-state index contributed by atoms with van der Waals surface area (Å²) in [4.78, 5) is 119. The van der Waals surface area contributed by atoms with Gasteiger partial charge >= 0.3 is 35.8 Å². The van der Waals surface area contributed by atoms with Crippen LogP contribution in [0.25, 0.3) is 10.4 Å². The maximum atomic E-state index is 12.3. The first-order valence-corrected chi connectivity index (χ1v) is 27.3. The van der Waals surface area contributed by atoms with E-state index in [1.807, 2.05) is 60.7 Å². The minimum atomic E-state index is -1.29. The zero-order chi connectivity index (χ0) is 60.7. The fourth-order valence-corrected chi connectivity index (χ4v) is 9.26. The molecule has 82 heavy (non-hydrogen) atoms. The molecule has 30 heteroatoms. The Kier molecular flexibility index (Phi) is 30.0. The van der Waals surface area contributed by atoms with Gasteiger partial charge in [-0.25, -0.2) is 4.68 Å². The molecule has 2 aliphatic rings. The molecule has 28 nitrogen and oxygen atoms in total. The molecule has 2 aromatic carbocycles.